The fourth-order valence-electron chi connectivity index (χ4n) is 8.63. The van der Waals surface area contributed by atoms with Gasteiger partial charge >= 0.3 is 17.9 Å². The number of unbranched alkanes of at least 4 members (excludes halogenated alkanes) is 32. The van der Waals surface area contributed by atoms with Crippen molar-refractivity contribution in [3.63, 3.8) is 0 Å². The van der Waals surface area contributed by atoms with Gasteiger partial charge in [0.05, 0.1) is 0 Å². The zero-order valence-electron chi connectivity index (χ0n) is 47.0. The van der Waals surface area contributed by atoms with Crippen molar-refractivity contribution >= 4 is 17.9 Å². The molecule has 71 heavy (non-hydrogen) atoms. The molecule has 6 heteroatoms. The van der Waals surface area contributed by atoms with Crippen LogP contribution in [-0.2, 0) is 28.6 Å². The smallest absolute Gasteiger partial charge is 0.306 e. The maximum atomic E-state index is 12.8. The maximum Gasteiger partial charge on any atom is 0.306 e. The van der Waals surface area contributed by atoms with Crippen LogP contribution in [0.15, 0.2) is 72.9 Å². The molecular formula is C65H114O6. The van der Waals surface area contributed by atoms with Crippen molar-refractivity contribution in [1.82, 2.24) is 0 Å². The molecule has 6 nitrogen and oxygen atoms in total. The van der Waals surface area contributed by atoms with Gasteiger partial charge in [0.1, 0.15) is 13.2 Å². The van der Waals surface area contributed by atoms with E-state index in [1.54, 1.807) is 0 Å². The molecule has 0 aromatic carbocycles. The molecule has 0 N–H and O–H groups in total. The van der Waals surface area contributed by atoms with Crippen LogP contribution in [0.1, 0.15) is 303 Å². The Balaban J connectivity index is 4.05. The third-order valence-electron chi connectivity index (χ3n) is 13.2. The van der Waals surface area contributed by atoms with E-state index in [1.165, 1.54) is 154 Å². The molecule has 0 radical (unpaired) electrons. The Morgan fingerprint density at radius 2 is 0.563 bits per heavy atom. The average Bonchev–Trinajstić information content (AvgIpc) is 3.37. The lowest BCUT2D eigenvalue weighted by Gasteiger charge is -2.18. The van der Waals surface area contributed by atoms with E-state index in [0.29, 0.717) is 19.3 Å². The minimum Gasteiger partial charge on any atom is -0.462 e. The van der Waals surface area contributed by atoms with Crippen LogP contribution in [0.3, 0.4) is 0 Å². The predicted molar refractivity (Wildman–Crippen MR) is 307 cm³/mol. The second-order valence-corrected chi connectivity index (χ2v) is 20.2. The van der Waals surface area contributed by atoms with Crippen molar-refractivity contribution in [2.75, 3.05) is 13.2 Å². The first-order valence-corrected chi connectivity index (χ1v) is 30.4. The zero-order chi connectivity index (χ0) is 51.4. The summed E-state index contributed by atoms with van der Waals surface area (Å²) in [6.45, 7) is 6.47. The molecule has 0 rings (SSSR count). The van der Waals surface area contributed by atoms with Crippen LogP contribution in [0.4, 0.5) is 0 Å². The number of esters is 3. The lowest BCUT2D eigenvalue weighted by molar-refractivity contribution is -0.167. The van der Waals surface area contributed by atoms with Gasteiger partial charge in [0, 0.05) is 19.3 Å². The molecule has 410 valence electrons. The predicted octanol–water partition coefficient (Wildman–Crippen LogP) is 20.5. The van der Waals surface area contributed by atoms with Gasteiger partial charge in [0.2, 0.25) is 0 Å². The third kappa shape index (κ3) is 57.6. The topological polar surface area (TPSA) is 78.9 Å². The van der Waals surface area contributed by atoms with Gasteiger partial charge < -0.3 is 14.2 Å². The molecule has 0 saturated heterocycles. The van der Waals surface area contributed by atoms with Crippen molar-refractivity contribution in [3.05, 3.63) is 72.9 Å². The molecule has 0 aliphatic heterocycles. The van der Waals surface area contributed by atoms with E-state index >= 15 is 0 Å². The summed E-state index contributed by atoms with van der Waals surface area (Å²) < 4.78 is 16.8. The Morgan fingerprint density at radius 3 is 0.901 bits per heavy atom. The van der Waals surface area contributed by atoms with Crippen LogP contribution in [0.5, 0.6) is 0 Å². The molecule has 0 bridgehead atoms. The van der Waals surface area contributed by atoms with Crippen molar-refractivity contribution in [1.29, 1.82) is 0 Å². The molecule has 0 aromatic rings. The van der Waals surface area contributed by atoms with E-state index < -0.39 is 6.10 Å². The second kappa shape index (κ2) is 59.4. The SMILES string of the molecule is CC/C=C\C/C=C\C/C=C\C/C=C\CCCCCCCCCCCCCCCCCCCCC(=O)OCC(COC(=O)CCCCCCCCCC)OC(=O)CCCCCCC/C=C\C/C=C\CCCC. The van der Waals surface area contributed by atoms with Gasteiger partial charge in [0.15, 0.2) is 6.10 Å². The number of rotatable bonds is 55. The summed E-state index contributed by atoms with van der Waals surface area (Å²) in [5.41, 5.74) is 0. The van der Waals surface area contributed by atoms with Crippen LogP contribution >= 0.6 is 0 Å². The number of hydrogen-bond acceptors (Lipinski definition) is 6. The Hall–Kier alpha value is -3.15. The van der Waals surface area contributed by atoms with Gasteiger partial charge in [-0.2, -0.15) is 0 Å². The van der Waals surface area contributed by atoms with E-state index in [-0.39, 0.29) is 31.1 Å². The maximum absolute atomic E-state index is 12.8. The number of carbonyl (C=O) groups is 3. The van der Waals surface area contributed by atoms with Crippen molar-refractivity contribution in [2.45, 2.75) is 309 Å². The zero-order valence-corrected chi connectivity index (χ0v) is 47.0. The van der Waals surface area contributed by atoms with Crippen LogP contribution in [0, 0.1) is 0 Å². The van der Waals surface area contributed by atoms with E-state index in [1.807, 2.05) is 0 Å². The van der Waals surface area contributed by atoms with Gasteiger partial charge in [-0.1, -0.05) is 273 Å². The lowest BCUT2D eigenvalue weighted by Crippen LogP contribution is -2.30. The monoisotopic (exact) mass is 991 g/mol. The molecule has 0 spiro atoms. The first-order chi connectivity index (χ1) is 35.0. The summed E-state index contributed by atoms with van der Waals surface area (Å²) in [5.74, 6) is -0.885. The van der Waals surface area contributed by atoms with E-state index in [4.69, 9.17) is 14.2 Å². The van der Waals surface area contributed by atoms with Crippen LogP contribution in [0.2, 0.25) is 0 Å². The summed E-state index contributed by atoms with van der Waals surface area (Å²) in [7, 11) is 0. The first kappa shape index (κ1) is 67.8. The number of allylic oxidation sites excluding steroid dienone is 12. The molecule has 0 amide bonds. The molecule has 0 aliphatic rings. The molecule has 0 fully saturated rings. The Morgan fingerprint density at radius 1 is 0.296 bits per heavy atom. The second-order valence-electron chi connectivity index (χ2n) is 20.2. The normalized spacial score (nSPS) is 12.5. The summed E-state index contributed by atoms with van der Waals surface area (Å²) in [6.07, 6.45) is 76.5. The van der Waals surface area contributed by atoms with Gasteiger partial charge in [0.25, 0.3) is 0 Å². The van der Waals surface area contributed by atoms with E-state index in [9.17, 15) is 14.4 Å². The van der Waals surface area contributed by atoms with Gasteiger partial charge in [-0.25, -0.2) is 0 Å². The summed E-state index contributed by atoms with van der Waals surface area (Å²) >= 11 is 0. The number of carbonyl (C=O) groups excluding carboxylic acids is 3. The number of ether oxygens (including phenoxy) is 3. The van der Waals surface area contributed by atoms with Crippen molar-refractivity contribution in [3.8, 4) is 0 Å². The Kier molecular flexibility index (Phi) is 56.8. The Labute approximate surface area is 440 Å². The molecule has 0 saturated carbocycles. The average molecular weight is 992 g/mol. The molecule has 0 aliphatic carbocycles. The van der Waals surface area contributed by atoms with E-state index in [0.717, 1.165) is 109 Å². The van der Waals surface area contributed by atoms with Gasteiger partial charge in [-0.05, 0) is 83.5 Å². The quantitative estimate of drug-likeness (QED) is 0.0261. The van der Waals surface area contributed by atoms with E-state index in [2.05, 4.69) is 93.7 Å². The minimum absolute atomic E-state index is 0.0771. The standard InChI is InChI=1S/C65H114O6/c1-4-7-10-13-16-19-21-23-25-26-27-28-29-30-31-32-33-34-35-36-37-38-39-40-41-43-44-46-49-52-55-58-64(67)70-61-62(60-69-63(66)57-54-51-48-18-15-12-9-6-3)71-65(68)59-56-53-50-47-45-42-24-22-20-17-14-11-8-5-2/h7,10,14,16-17,19,22-25,27-28,62H,4-6,8-9,11-13,15,18,20-21,26,29-61H2,1-3H3/b10-7-,17-14-,19-16-,24-22-,25-23-,28-27-. The molecule has 0 heterocycles. The van der Waals surface area contributed by atoms with Gasteiger partial charge in [-0.3, -0.25) is 14.4 Å². The van der Waals surface area contributed by atoms with Crippen molar-refractivity contribution < 1.29 is 28.6 Å². The lowest BCUT2D eigenvalue weighted by atomic mass is 10.0. The van der Waals surface area contributed by atoms with Crippen LogP contribution in [-0.4, -0.2) is 37.2 Å². The first-order valence-electron chi connectivity index (χ1n) is 30.4. The summed E-state index contributed by atoms with van der Waals surface area (Å²) in [6, 6.07) is 0. The molecule has 1 unspecified atom stereocenters. The molecule has 0 aromatic heterocycles. The van der Waals surface area contributed by atoms with Gasteiger partial charge in [-0.15, -0.1) is 0 Å². The van der Waals surface area contributed by atoms with Crippen molar-refractivity contribution in [2.24, 2.45) is 0 Å². The highest BCUT2D eigenvalue weighted by Crippen LogP contribution is 2.17. The van der Waals surface area contributed by atoms with Crippen LogP contribution < -0.4 is 0 Å². The summed E-state index contributed by atoms with van der Waals surface area (Å²) in [5, 5.41) is 0. The largest absolute Gasteiger partial charge is 0.462 e. The highest BCUT2D eigenvalue weighted by atomic mass is 16.6. The minimum atomic E-state index is -0.777. The number of hydrogen-bond donors (Lipinski definition) is 0. The molecular weight excluding hydrogens is 877 g/mol. The summed E-state index contributed by atoms with van der Waals surface area (Å²) in [4.78, 5) is 38.0. The fraction of sp³-hybridized carbons (Fsp3) is 0.769. The third-order valence-corrected chi connectivity index (χ3v) is 13.2. The highest BCUT2D eigenvalue weighted by Gasteiger charge is 2.19. The highest BCUT2D eigenvalue weighted by molar-refractivity contribution is 5.71. The Bertz CT molecular complexity index is 1320. The fourth-order valence-corrected chi connectivity index (χ4v) is 8.63. The van der Waals surface area contributed by atoms with Crippen LogP contribution in [0.25, 0.3) is 0 Å². The molecule has 1 atom stereocenters.